The van der Waals surface area contributed by atoms with Crippen molar-refractivity contribution in [3.63, 3.8) is 0 Å². The van der Waals surface area contributed by atoms with E-state index >= 15 is 0 Å². The lowest BCUT2D eigenvalue weighted by molar-refractivity contribution is 0.122. The SMILES string of the molecule is O=c1cc(N2CCOCC2)cc(-c2cccc3c2Oc2ccc(NCc4cnccn4)cc2C3)[nH]1. The average Bonchev–Trinajstić information content (AvgIpc) is 2.91. The minimum Gasteiger partial charge on any atom is -0.456 e. The molecule has 35 heavy (non-hydrogen) atoms. The van der Waals surface area contributed by atoms with E-state index in [0.29, 0.717) is 19.8 Å². The molecule has 176 valence electrons. The Balaban J connectivity index is 1.27. The number of hydrogen-bond acceptors (Lipinski definition) is 7. The van der Waals surface area contributed by atoms with Crippen molar-refractivity contribution in [3.8, 4) is 22.8 Å². The molecule has 1 fully saturated rings. The Kier molecular flexibility index (Phi) is 5.64. The van der Waals surface area contributed by atoms with Crippen LogP contribution in [0.2, 0.25) is 0 Å². The van der Waals surface area contributed by atoms with Gasteiger partial charge in [-0.2, -0.15) is 0 Å². The van der Waals surface area contributed by atoms with Gasteiger partial charge in [0.15, 0.2) is 0 Å². The summed E-state index contributed by atoms with van der Waals surface area (Å²) in [6.07, 6.45) is 5.85. The van der Waals surface area contributed by atoms with Gasteiger partial charge in [-0.1, -0.05) is 12.1 Å². The van der Waals surface area contributed by atoms with Gasteiger partial charge in [0.05, 0.1) is 37.3 Å². The van der Waals surface area contributed by atoms with E-state index in [0.717, 1.165) is 70.5 Å². The standard InChI is InChI=1S/C27H25N5O3/c33-26-15-22(32-8-10-34-11-9-32)14-24(31-26)23-3-1-2-18-12-19-13-20(4-5-25(19)35-27(18)23)30-17-21-16-28-6-7-29-21/h1-7,13-16,30H,8-12,17H2,(H,31,33). The zero-order valence-electron chi connectivity index (χ0n) is 19.2. The number of aromatic nitrogens is 3. The van der Waals surface area contributed by atoms with E-state index in [1.807, 2.05) is 30.3 Å². The van der Waals surface area contributed by atoms with Gasteiger partial charge < -0.3 is 24.7 Å². The highest BCUT2D eigenvalue weighted by atomic mass is 16.5. The zero-order chi connectivity index (χ0) is 23.6. The van der Waals surface area contributed by atoms with Crippen LogP contribution < -0.4 is 20.5 Å². The number of ether oxygens (including phenoxy) is 2. The van der Waals surface area contributed by atoms with Crippen molar-refractivity contribution in [2.24, 2.45) is 0 Å². The summed E-state index contributed by atoms with van der Waals surface area (Å²) in [5, 5.41) is 3.40. The van der Waals surface area contributed by atoms with E-state index in [1.54, 1.807) is 24.7 Å². The third kappa shape index (κ3) is 4.48. The van der Waals surface area contributed by atoms with Crippen molar-refractivity contribution in [1.29, 1.82) is 0 Å². The quantitative estimate of drug-likeness (QED) is 0.404. The molecule has 2 aliphatic heterocycles. The molecule has 2 aliphatic rings. The van der Waals surface area contributed by atoms with Crippen molar-refractivity contribution in [3.05, 3.63) is 94.3 Å². The first-order valence-electron chi connectivity index (χ1n) is 11.7. The largest absolute Gasteiger partial charge is 0.456 e. The van der Waals surface area contributed by atoms with E-state index in [-0.39, 0.29) is 5.56 Å². The smallest absolute Gasteiger partial charge is 0.250 e. The minimum absolute atomic E-state index is 0.128. The molecular weight excluding hydrogens is 442 g/mol. The lowest BCUT2D eigenvalue weighted by atomic mass is 9.96. The molecule has 8 nitrogen and oxygen atoms in total. The van der Waals surface area contributed by atoms with E-state index in [1.165, 1.54) is 0 Å². The van der Waals surface area contributed by atoms with Crippen LogP contribution in [0.3, 0.4) is 0 Å². The Morgan fingerprint density at radius 3 is 2.80 bits per heavy atom. The number of para-hydroxylation sites is 1. The topological polar surface area (TPSA) is 92.4 Å². The summed E-state index contributed by atoms with van der Waals surface area (Å²) in [7, 11) is 0. The van der Waals surface area contributed by atoms with Crippen LogP contribution in [-0.2, 0) is 17.7 Å². The zero-order valence-corrected chi connectivity index (χ0v) is 19.2. The lowest BCUT2D eigenvalue weighted by Crippen LogP contribution is -2.36. The summed E-state index contributed by atoms with van der Waals surface area (Å²) < 4.78 is 11.9. The van der Waals surface area contributed by atoms with Crippen LogP contribution in [-0.4, -0.2) is 41.3 Å². The summed E-state index contributed by atoms with van der Waals surface area (Å²) >= 11 is 0. The van der Waals surface area contributed by atoms with Crippen LogP contribution >= 0.6 is 0 Å². The molecule has 0 unspecified atom stereocenters. The van der Waals surface area contributed by atoms with Crippen LogP contribution in [0, 0.1) is 0 Å². The normalized spacial score (nSPS) is 14.6. The fourth-order valence-electron chi connectivity index (χ4n) is 4.59. The van der Waals surface area contributed by atoms with Crippen molar-refractivity contribution in [2.45, 2.75) is 13.0 Å². The number of nitrogens with zero attached hydrogens (tertiary/aromatic N) is 3. The maximum absolute atomic E-state index is 12.5. The molecule has 0 saturated carbocycles. The van der Waals surface area contributed by atoms with E-state index in [4.69, 9.17) is 9.47 Å². The van der Waals surface area contributed by atoms with Gasteiger partial charge in [-0.05, 0) is 35.9 Å². The van der Waals surface area contributed by atoms with E-state index in [9.17, 15) is 4.79 Å². The Labute approximate surface area is 202 Å². The van der Waals surface area contributed by atoms with Crippen molar-refractivity contribution >= 4 is 11.4 Å². The summed E-state index contributed by atoms with van der Waals surface area (Å²) in [5.74, 6) is 1.61. The van der Waals surface area contributed by atoms with Gasteiger partial charge in [-0.15, -0.1) is 0 Å². The Morgan fingerprint density at radius 2 is 1.94 bits per heavy atom. The molecule has 1 saturated heterocycles. The molecule has 6 rings (SSSR count). The second kappa shape index (κ2) is 9.23. The fraction of sp³-hybridized carbons (Fsp3) is 0.222. The van der Waals surface area contributed by atoms with Crippen LogP contribution in [0.15, 0.2) is 71.9 Å². The average molecular weight is 468 g/mol. The molecule has 0 radical (unpaired) electrons. The van der Waals surface area contributed by atoms with Gasteiger partial charge in [0, 0.05) is 60.5 Å². The van der Waals surface area contributed by atoms with Crippen LogP contribution in [0.5, 0.6) is 11.5 Å². The summed E-state index contributed by atoms with van der Waals surface area (Å²) in [6, 6.07) is 15.9. The van der Waals surface area contributed by atoms with Crippen molar-refractivity contribution in [2.75, 3.05) is 36.5 Å². The number of anilines is 2. The predicted octanol–water partition coefficient (Wildman–Crippen LogP) is 3.98. The van der Waals surface area contributed by atoms with Gasteiger partial charge in [0.1, 0.15) is 11.5 Å². The molecule has 8 heteroatoms. The number of morpholine rings is 1. The number of fused-ring (bicyclic) bond motifs is 2. The number of rotatable bonds is 5. The van der Waals surface area contributed by atoms with Gasteiger partial charge >= 0.3 is 0 Å². The number of hydrogen-bond donors (Lipinski definition) is 2. The monoisotopic (exact) mass is 467 g/mol. The number of nitrogens with one attached hydrogen (secondary N) is 2. The van der Waals surface area contributed by atoms with E-state index < -0.39 is 0 Å². The van der Waals surface area contributed by atoms with Crippen molar-refractivity contribution in [1.82, 2.24) is 15.0 Å². The molecule has 4 heterocycles. The number of benzene rings is 2. The van der Waals surface area contributed by atoms with Gasteiger partial charge in [0.25, 0.3) is 0 Å². The predicted molar refractivity (Wildman–Crippen MR) is 134 cm³/mol. The van der Waals surface area contributed by atoms with Crippen LogP contribution in [0.4, 0.5) is 11.4 Å². The van der Waals surface area contributed by atoms with Crippen LogP contribution in [0.1, 0.15) is 16.8 Å². The number of aromatic amines is 1. The second-order valence-electron chi connectivity index (χ2n) is 8.66. The Bertz CT molecular complexity index is 1410. The van der Waals surface area contributed by atoms with Gasteiger partial charge in [0.2, 0.25) is 5.56 Å². The first kappa shape index (κ1) is 21.4. The molecule has 4 aromatic rings. The molecule has 2 aromatic carbocycles. The second-order valence-corrected chi connectivity index (χ2v) is 8.66. The number of H-pyrrole nitrogens is 1. The van der Waals surface area contributed by atoms with Crippen LogP contribution in [0.25, 0.3) is 11.3 Å². The highest BCUT2D eigenvalue weighted by Crippen LogP contribution is 2.43. The molecular formula is C27H25N5O3. The first-order valence-corrected chi connectivity index (χ1v) is 11.7. The maximum atomic E-state index is 12.5. The Morgan fingerprint density at radius 1 is 1.03 bits per heavy atom. The summed E-state index contributed by atoms with van der Waals surface area (Å²) in [4.78, 5) is 26.1. The lowest BCUT2D eigenvalue weighted by Gasteiger charge is -2.29. The molecule has 2 aromatic heterocycles. The first-order chi connectivity index (χ1) is 17.2. The Hall–Kier alpha value is -4.17. The summed E-state index contributed by atoms with van der Waals surface area (Å²) in [6.45, 7) is 3.47. The third-order valence-corrected chi connectivity index (χ3v) is 6.34. The fourth-order valence-corrected chi connectivity index (χ4v) is 4.59. The maximum Gasteiger partial charge on any atom is 0.250 e. The minimum atomic E-state index is -0.128. The molecule has 0 amide bonds. The molecule has 2 N–H and O–H groups in total. The van der Waals surface area contributed by atoms with Crippen molar-refractivity contribution < 1.29 is 9.47 Å². The highest BCUT2D eigenvalue weighted by molar-refractivity contribution is 5.74. The third-order valence-electron chi connectivity index (χ3n) is 6.34. The molecule has 0 spiro atoms. The molecule has 0 bridgehead atoms. The molecule has 0 atom stereocenters. The van der Waals surface area contributed by atoms with Gasteiger partial charge in [-0.3, -0.25) is 14.8 Å². The molecule has 0 aliphatic carbocycles. The highest BCUT2D eigenvalue weighted by Gasteiger charge is 2.22. The number of pyridine rings is 1. The van der Waals surface area contributed by atoms with E-state index in [2.05, 4.69) is 37.3 Å². The van der Waals surface area contributed by atoms with Gasteiger partial charge in [-0.25, -0.2) is 0 Å². The summed E-state index contributed by atoms with van der Waals surface area (Å²) in [5.41, 5.74) is 6.47.